The van der Waals surface area contributed by atoms with Gasteiger partial charge in [0.05, 0.1) is 12.8 Å². The first-order valence-corrected chi connectivity index (χ1v) is 5.78. The van der Waals surface area contributed by atoms with Crippen molar-refractivity contribution >= 4 is 5.82 Å². The molecule has 0 radical (unpaired) electrons. The molecular formula is C11H16N4O. The second kappa shape index (κ2) is 3.90. The predicted octanol–water partition coefficient (Wildman–Crippen LogP) is 0.341. The molecule has 0 unspecified atom stereocenters. The number of nitrogens with zero attached hydrogens (tertiary/aromatic N) is 3. The summed E-state index contributed by atoms with van der Waals surface area (Å²) in [6.07, 6.45) is 2.28. The molecule has 86 valence electrons. The van der Waals surface area contributed by atoms with Crippen LogP contribution in [0.3, 0.4) is 0 Å². The largest absolute Gasteiger partial charge is 0.467 e. The summed E-state index contributed by atoms with van der Waals surface area (Å²) in [7, 11) is 1.62. The van der Waals surface area contributed by atoms with Crippen LogP contribution in [0.4, 0.5) is 5.82 Å². The molecule has 1 fully saturated rings. The van der Waals surface area contributed by atoms with E-state index in [4.69, 9.17) is 4.74 Å². The van der Waals surface area contributed by atoms with E-state index in [0.29, 0.717) is 6.01 Å². The van der Waals surface area contributed by atoms with E-state index in [-0.39, 0.29) is 0 Å². The molecule has 0 aliphatic carbocycles. The van der Waals surface area contributed by atoms with Gasteiger partial charge in [0.2, 0.25) is 0 Å². The van der Waals surface area contributed by atoms with Crippen molar-refractivity contribution in [2.24, 2.45) is 0 Å². The molecule has 16 heavy (non-hydrogen) atoms. The van der Waals surface area contributed by atoms with Gasteiger partial charge in [-0.05, 0) is 19.4 Å². The molecule has 0 saturated carbocycles. The summed E-state index contributed by atoms with van der Waals surface area (Å²) in [6.45, 7) is 4.07. The zero-order valence-corrected chi connectivity index (χ0v) is 9.49. The van der Waals surface area contributed by atoms with Crippen LogP contribution in [0, 0.1) is 0 Å². The van der Waals surface area contributed by atoms with E-state index < -0.39 is 0 Å². The summed E-state index contributed by atoms with van der Waals surface area (Å²) in [5, 5.41) is 3.33. The van der Waals surface area contributed by atoms with E-state index in [1.807, 2.05) is 0 Å². The normalized spacial score (nSPS) is 18.9. The van der Waals surface area contributed by atoms with Crippen LogP contribution in [0.25, 0.3) is 0 Å². The van der Waals surface area contributed by atoms with Gasteiger partial charge in [-0.15, -0.1) is 0 Å². The number of anilines is 1. The average molecular weight is 220 g/mol. The van der Waals surface area contributed by atoms with E-state index in [1.54, 1.807) is 7.11 Å². The Labute approximate surface area is 94.8 Å². The fraction of sp³-hybridized carbons (Fsp3) is 0.636. The summed E-state index contributed by atoms with van der Waals surface area (Å²) in [5.74, 6) is 1.09. The molecule has 3 heterocycles. The fourth-order valence-corrected chi connectivity index (χ4v) is 2.20. The van der Waals surface area contributed by atoms with Crippen molar-refractivity contribution in [2.45, 2.75) is 19.4 Å². The van der Waals surface area contributed by atoms with Crippen molar-refractivity contribution in [1.29, 1.82) is 0 Å². The predicted molar refractivity (Wildman–Crippen MR) is 60.8 cm³/mol. The maximum Gasteiger partial charge on any atom is 0.318 e. The van der Waals surface area contributed by atoms with Crippen molar-refractivity contribution in [3.8, 4) is 6.01 Å². The SMILES string of the molecule is COc1nc2c(c(N3CCC3)n1)CCNC2. The lowest BCUT2D eigenvalue weighted by Gasteiger charge is -2.34. The Hall–Kier alpha value is -1.36. The highest BCUT2D eigenvalue weighted by Gasteiger charge is 2.24. The van der Waals surface area contributed by atoms with Gasteiger partial charge < -0.3 is 15.0 Å². The molecule has 3 rings (SSSR count). The zero-order valence-electron chi connectivity index (χ0n) is 9.49. The lowest BCUT2D eigenvalue weighted by atomic mass is 10.1. The third kappa shape index (κ3) is 1.51. The molecule has 2 aliphatic heterocycles. The number of hydrogen-bond donors (Lipinski definition) is 1. The van der Waals surface area contributed by atoms with E-state index in [2.05, 4.69) is 20.2 Å². The minimum absolute atomic E-state index is 0.490. The van der Waals surface area contributed by atoms with Crippen LogP contribution in [0.1, 0.15) is 17.7 Å². The van der Waals surface area contributed by atoms with Gasteiger partial charge in [-0.3, -0.25) is 0 Å². The fourth-order valence-electron chi connectivity index (χ4n) is 2.20. The summed E-state index contributed by atoms with van der Waals surface area (Å²) in [4.78, 5) is 11.2. The Bertz CT molecular complexity index is 403. The number of nitrogens with one attached hydrogen (secondary N) is 1. The van der Waals surface area contributed by atoms with E-state index in [9.17, 15) is 0 Å². The summed E-state index contributed by atoms with van der Waals surface area (Å²) >= 11 is 0. The van der Waals surface area contributed by atoms with Gasteiger partial charge in [-0.2, -0.15) is 9.97 Å². The van der Waals surface area contributed by atoms with Crippen LogP contribution in [0.2, 0.25) is 0 Å². The van der Waals surface area contributed by atoms with Crippen LogP contribution in [-0.2, 0) is 13.0 Å². The standard InChI is InChI=1S/C11H16N4O/c1-16-11-13-9-7-12-4-3-8(9)10(14-11)15-5-2-6-15/h12H,2-7H2,1H3. The first kappa shape index (κ1) is 9.84. The number of rotatable bonds is 2. The highest BCUT2D eigenvalue weighted by molar-refractivity contribution is 5.52. The zero-order chi connectivity index (χ0) is 11.0. The van der Waals surface area contributed by atoms with E-state index in [0.717, 1.165) is 44.1 Å². The maximum atomic E-state index is 5.16. The molecule has 5 heteroatoms. The van der Waals surface area contributed by atoms with Crippen molar-refractivity contribution < 1.29 is 4.74 Å². The molecule has 0 aromatic carbocycles. The van der Waals surface area contributed by atoms with Crippen molar-refractivity contribution in [1.82, 2.24) is 15.3 Å². The quantitative estimate of drug-likeness (QED) is 0.779. The first-order chi connectivity index (χ1) is 7.88. The van der Waals surface area contributed by atoms with Gasteiger partial charge in [0.1, 0.15) is 5.82 Å². The lowest BCUT2D eigenvalue weighted by Crippen LogP contribution is -2.40. The van der Waals surface area contributed by atoms with Gasteiger partial charge in [-0.1, -0.05) is 0 Å². The van der Waals surface area contributed by atoms with Crippen LogP contribution in [0.15, 0.2) is 0 Å². The lowest BCUT2D eigenvalue weighted by molar-refractivity contribution is 0.374. The molecule has 1 aromatic rings. The third-order valence-electron chi connectivity index (χ3n) is 3.23. The second-order valence-corrected chi connectivity index (χ2v) is 4.23. The van der Waals surface area contributed by atoms with E-state index >= 15 is 0 Å². The molecule has 1 N–H and O–H groups in total. The first-order valence-electron chi connectivity index (χ1n) is 5.78. The monoisotopic (exact) mass is 220 g/mol. The number of ether oxygens (including phenoxy) is 1. The number of hydrogen-bond acceptors (Lipinski definition) is 5. The molecule has 5 nitrogen and oxygen atoms in total. The van der Waals surface area contributed by atoms with Gasteiger partial charge >= 0.3 is 6.01 Å². The highest BCUT2D eigenvalue weighted by Crippen LogP contribution is 2.28. The Morgan fingerprint density at radius 2 is 2.19 bits per heavy atom. The van der Waals surface area contributed by atoms with Gasteiger partial charge in [-0.25, -0.2) is 0 Å². The molecular weight excluding hydrogens is 204 g/mol. The number of aromatic nitrogens is 2. The molecule has 1 aromatic heterocycles. The van der Waals surface area contributed by atoms with Crippen LogP contribution < -0.4 is 15.0 Å². The minimum atomic E-state index is 0.490. The van der Waals surface area contributed by atoms with Crippen molar-refractivity contribution in [3.05, 3.63) is 11.3 Å². The molecule has 0 bridgehead atoms. The Kier molecular flexibility index (Phi) is 2.40. The Balaban J connectivity index is 2.05. The van der Waals surface area contributed by atoms with Crippen LogP contribution >= 0.6 is 0 Å². The molecule has 2 aliphatic rings. The van der Waals surface area contributed by atoms with Gasteiger partial charge in [0.25, 0.3) is 0 Å². The topological polar surface area (TPSA) is 50.3 Å². The second-order valence-electron chi connectivity index (χ2n) is 4.23. The van der Waals surface area contributed by atoms with Crippen molar-refractivity contribution in [3.63, 3.8) is 0 Å². The maximum absolute atomic E-state index is 5.16. The minimum Gasteiger partial charge on any atom is -0.467 e. The average Bonchev–Trinajstić information content (AvgIpc) is 2.26. The Morgan fingerprint density at radius 3 is 2.88 bits per heavy atom. The van der Waals surface area contributed by atoms with Crippen molar-refractivity contribution in [2.75, 3.05) is 31.6 Å². The summed E-state index contributed by atoms with van der Waals surface area (Å²) in [6, 6.07) is 0.490. The van der Waals surface area contributed by atoms with Crippen LogP contribution in [0.5, 0.6) is 6.01 Å². The number of methoxy groups -OCH3 is 1. The third-order valence-corrected chi connectivity index (χ3v) is 3.23. The highest BCUT2D eigenvalue weighted by atomic mass is 16.5. The number of fused-ring (bicyclic) bond motifs is 1. The van der Waals surface area contributed by atoms with Gasteiger partial charge in [0.15, 0.2) is 0 Å². The summed E-state index contributed by atoms with van der Waals surface area (Å²) in [5.41, 5.74) is 2.40. The molecule has 1 saturated heterocycles. The van der Waals surface area contributed by atoms with Crippen LogP contribution in [-0.4, -0.2) is 36.7 Å². The smallest absolute Gasteiger partial charge is 0.318 e. The Morgan fingerprint density at radius 1 is 1.31 bits per heavy atom. The van der Waals surface area contributed by atoms with Gasteiger partial charge in [0, 0.05) is 25.2 Å². The van der Waals surface area contributed by atoms with E-state index in [1.165, 1.54) is 12.0 Å². The molecule has 0 atom stereocenters. The molecule has 0 amide bonds. The summed E-state index contributed by atoms with van der Waals surface area (Å²) < 4.78 is 5.16. The molecule has 0 spiro atoms.